The van der Waals surface area contributed by atoms with Crippen molar-refractivity contribution in [3.63, 3.8) is 0 Å². The van der Waals surface area contributed by atoms with Crippen molar-refractivity contribution in [1.29, 1.82) is 0 Å². The molecule has 1 aliphatic rings. The van der Waals surface area contributed by atoms with Crippen molar-refractivity contribution in [2.24, 2.45) is 0 Å². The number of halogens is 1. The zero-order valence-corrected chi connectivity index (χ0v) is 11.5. The summed E-state index contributed by atoms with van der Waals surface area (Å²) in [6, 6.07) is 10.3. The SMILES string of the molecule is Clc1nc2c(c(Sc3ccccc3)n1)CCCC2. The van der Waals surface area contributed by atoms with Crippen molar-refractivity contribution in [2.75, 3.05) is 0 Å². The maximum Gasteiger partial charge on any atom is 0.223 e. The molecule has 0 aliphatic heterocycles. The molecule has 1 aromatic carbocycles. The number of hydrogen-bond acceptors (Lipinski definition) is 3. The Balaban J connectivity index is 1.98. The number of benzene rings is 1. The molecule has 0 unspecified atom stereocenters. The van der Waals surface area contributed by atoms with Gasteiger partial charge in [-0.3, -0.25) is 0 Å². The molecule has 1 heterocycles. The Morgan fingerprint density at radius 2 is 1.78 bits per heavy atom. The summed E-state index contributed by atoms with van der Waals surface area (Å²) < 4.78 is 0. The third-order valence-electron chi connectivity index (χ3n) is 3.08. The standard InChI is InChI=1S/C14H13ClN2S/c15-14-16-12-9-5-4-8-11(12)13(17-14)18-10-6-2-1-3-7-10/h1-3,6-7H,4-5,8-9H2. The molecule has 18 heavy (non-hydrogen) atoms. The average molecular weight is 277 g/mol. The van der Waals surface area contributed by atoms with Crippen molar-refractivity contribution in [2.45, 2.75) is 35.6 Å². The van der Waals surface area contributed by atoms with Crippen LogP contribution >= 0.6 is 23.4 Å². The van der Waals surface area contributed by atoms with E-state index in [0.29, 0.717) is 5.28 Å². The van der Waals surface area contributed by atoms with Crippen LogP contribution in [0.15, 0.2) is 40.3 Å². The van der Waals surface area contributed by atoms with Crippen LogP contribution in [0.2, 0.25) is 5.28 Å². The van der Waals surface area contributed by atoms with E-state index in [2.05, 4.69) is 22.1 Å². The second-order valence-electron chi connectivity index (χ2n) is 4.35. The highest BCUT2D eigenvalue weighted by molar-refractivity contribution is 7.99. The first-order chi connectivity index (χ1) is 8.83. The smallest absolute Gasteiger partial charge is 0.223 e. The van der Waals surface area contributed by atoms with Crippen molar-refractivity contribution in [1.82, 2.24) is 9.97 Å². The Bertz CT molecular complexity index is 557. The lowest BCUT2D eigenvalue weighted by Gasteiger charge is -2.17. The predicted octanol–water partition coefficient (Wildman–Crippen LogP) is 4.16. The summed E-state index contributed by atoms with van der Waals surface area (Å²) in [5, 5.41) is 1.39. The summed E-state index contributed by atoms with van der Waals surface area (Å²) in [6.45, 7) is 0. The normalized spacial score (nSPS) is 14.3. The summed E-state index contributed by atoms with van der Waals surface area (Å²) in [7, 11) is 0. The molecule has 0 N–H and O–H groups in total. The van der Waals surface area contributed by atoms with Gasteiger partial charge in [-0.15, -0.1) is 0 Å². The Morgan fingerprint density at radius 1 is 1.00 bits per heavy atom. The summed E-state index contributed by atoms with van der Waals surface area (Å²) in [5.74, 6) is 0. The van der Waals surface area contributed by atoms with Crippen molar-refractivity contribution >= 4 is 23.4 Å². The zero-order chi connectivity index (χ0) is 12.4. The maximum atomic E-state index is 6.01. The van der Waals surface area contributed by atoms with E-state index in [1.807, 2.05) is 18.2 Å². The Kier molecular flexibility index (Phi) is 3.52. The summed E-state index contributed by atoms with van der Waals surface area (Å²) in [4.78, 5) is 9.95. The molecule has 4 heteroatoms. The molecule has 92 valence electrons. The highest BCUT2D eigenvalue weighted by Gasteiger charge is 2.17. The van der Waals surface area contributed by atoms with E-state index in [4.69, 9.17) is 11.6 Å². The molecule has 0 saturated carbocycles. The van der Waals surface area contributed by atoms with Gasteiger partial charge < -0.3 is 0 Å². The topological polar surface area (TPSA) is 25.8 Å². The summed E-state index contributed by atoms with van der Waals surface area (Å²) >= 11 is 7.69. The van der Waals surface area contributed by atoms with Gasteiger partial charge in [0.05, 0.1) is 0 Å². The van der Waals surface area contributed by atoms with Gasteiger partial charge in [0.2, 0.25) is 5.28 Å². The molecule has 0 amide bonds. The largest absolute Gasteiger partial charge is 0.223 e. The monoisotopic (exact) mass is 276 g/mol. The second kappa shape index (κ2) is 5.29. The fraction of sp³-hybridized carbons (Fsp3) is 0.286. The Hall–Kier alpha value is -1.06. The number of hydrogen-bond donors (Lipinski definition) is 0. The summed E-state index contributed by atoms with van der Waals surface area (Å²) in [5.41, 5.74) is 2.43. The molecule has 3 rings (SSSR count). The molecule has 0 bridgehead atoms. The van der Waals surface area contributed by atoms with Crippen molar-refractivity contribution in [3.8, 4) is 0 Å². The first-order valence-corrected chi connectivity index (χ1v) is 7.30. The van der Waals surface area contributed by atoms with Gasteiger partial charge in [-0.25, -0.2) is 9.97 Å². The van der Waals surface area contributed by atoms with Crippen LogP contribution in [0.25, 0.3) is 0 Å². The number of aromatic nitrogens is 2. The van der Waals surface area contributed by atoms with Crippen LogP contribution < -0.4 is 0 Å². The quantitative estimate of drug-likeness (QED) is 0.608. The molecule has 0 fully saturated rings. The van der Waals surface area contributed by atoms with Crippen LogP contribution in [0.1, 0.15) is 24.1 Å². The highest BCUT2D eigenvalue weighted by atomic mass is 35.5. The number of nitrogens with zero attached hydrogens (tertiary/aromatic N) is 2. The van der Waals surface area contributed by atoms with Crippen LogP contribution in [0.3, 0.4) is 0 Å². The van der Waals surface area contributed by atoms with Gasteiger partial charge in [0, 0.05) is 16.2 Å². The van der Waals surface area contributed by atoms with Gasteiger partial charge >= 0.3 is 0 Å². The van der Waals surface area contributed by atoms with E-state index in [9.17, 15) is 0 Å². The van der Waals surface area contributed by atoms with Crippen LogP contribution in [-0.2, 0) is 12.8 Å². The van der Waals surface area contributed by atoms with Gasteiger partial charge in [0.15, 0.2) is 0 Å². The molecule has 2 aromatic rings. The fourth-order valence-electron chi connectivity index (χ4n) is 2.22. The van der Waals surface area contributed by atoms with Crippen LogP contribution in [0, 0.1) is 0 Å². The van der Waals surface area contributed by atoms with Gasteiger partial charge in [0.1, 0.15) is 5.03 Å². The minimum Gasteiger partial charge on any atom is -0.223 e. The minimum atomic E-state index is 0.370. The minimum absolute atomic E-state index is 0.370. The molecule has 0 atom stereocenters. The molecular weight excluding hydrogens is 264 g/mol. The lowest BCUT2D eigenvalue weighted by Crippen LogP contribution is -2.08. The van der Waals surface area contributed by atoms with E-state index in [0.717, 1.165) is 23.6 Å². The third-order valence-corrected chi connectivity index (χ3v) is 4.28. The van der Waals surface area contributed by atoms with Gasteiger partial charge in [0.25, 0.3) is 0 Å². The van der Waals surface area contributed by atoms with Crippen molar-refractivity contribution < 1.29 is 0 Å². The second-order valence-corrected chi connectivity index (χ2v) is 5.75. The molecule has 0 saturated heterocycles. The van der Waals surface area contributed by atoms with Gasteiger partial charge in [-0.2, -0.15) is 0 Å². The molecule has 1 aromatic heterocycles. The number of rotatable bonds is 2. The first kappa shape index (κ1) is 12.0. The molecule has 0 spiro atoms. The molecule has 1 aliphatic carbocycles. The summed E-state index contributed by atoms with van der Waals surface area (Å²) in [6.07, 6.45) is 4.53. The van der Waals surface area contributed by atoms with Crippen molar-refractivity contribution in [3.05, 3.63) is 46.9 Å². The average Bonchev–Trinajstić information content (AvgIpc) is 2.40. The molecular formula is C14H13ClN2S. The van der Waals surface area contributed by atoms with E-state index in [1.165, 1.54) is 23.3 Å². The van der Waals surface area contributed by atoms with E-state index >= 15 is 0 Å². The predicted molar refractivity (Wildman–Crippen MR) is 74.2 cm³/mol. The van der Waals surface area contributed by atoms with E-state index < -0.39 is 0 Å². The van der Waals surface area contributed by atoms with E-state index in [-0.39, 0.29) is 0 Å². The first-order valence-electron chi connectivity index (χ1n) is 6.11. The zero-order valence-electron chi connectivity index (χ0n) is 9.90. The Morgan fingerprint density at radius 3 is 2.61 bits per heavy atom. The molecule has 0 radical (unpaired) electrons. The number of fused-ring (bicyclic) bond motifs is 1. The van der Waals surface area contributed by atoms with Gasteiger partial charge in [-0.05, 0) is 49.4 Å². The van der Waals surface area contributed by atoms with Gasteiger partial charge in [-0.1, -0.05) is 30.0 Å². The third kappa shape index (κ3) is 2.52. The fourth-order valence-corrected chi connectivity index (χ4v) is 3.44. The lowest BCUT2D eigenvalue weighted by molar-refractivity contribution is 0.646. The highest BCUT2D eigenvalue weighted by Crippen LogP contribution is 2.33. The van der Waals surface area contributed by atoms with Crippen LogP contribution in [-0.4, -0.2) is 9.97 Å². The number of aryl methyl sites for hydroxylation is 1. The maximum absolute atomic E-state index is 6.01. The van der Waals surface area contributed by atoms with Crippen LogP contribution in [0.4, 0.5) is 0 Å². The lowest BCUT2D eigenvalue weighted by atomic mass is 9.98. The van der Waals surface area contributed by atoms with E-state index in [1.54, 1.807) is 11.8 Å². The molecule has 2 nitrogen and oxygen atoms in total. The Labute approximate surface area is 116 Å². The van der Waals surface area contributed by atoms with Crippen LogP contribution in [0.5, 0.6) is 0 Å².